The third kappa shape index (κ3) is 3.58. The highest BCUT2D eigenvalue weighted by atomic mass is 16.6. The lowest BCUT2D eigenvalue weighted by Crippen LogP contribution is -2.30. The molecule has 1 atom stereocenters. The predicted molar refractivity (Wildman–Crippen MR) is 74.3 cm³/mol. The van der Waals surface area contributed by atoms with Gasteiger partial charge in [-0.15, -0.1) is 0 Å². The summed E-state index contributed by atoms with van der Waals surface area (Å²) in [7, 11) is 0. The number of nitrogens with two attached hydrogens (primary N) is 1. The van der Waals surface area contributed by atoms with Crippen LogP contribution in [0.4, 0.5) is 4.79 Å². The summed E-state index contributed by atoms with van der Waals surface area (Å²) >= 11 is 0. The molecule has 102 valence electrons. The third-order valence-electron chi connectivity index (χ3n) is 3.16. The molecular formula is C15H20N2O2. The molecule has 0 bridgehead atoms. The van der Waals surface area contributed by atoms with Crippen molar-refractivity contribution in [3.63, 3.8) is 0 Å². The maximum absolute atomic E-state index is 12.1. The van der Waals surface area contributed by atoms with Gasteiger partial charge in [0.2, 0.25) is 0 Å². The molecule has 1 aromatic carbocycles. The van der Waals surface area contributed by atoms with E-state index < -0.39 is 0 Å². The molecule has 2 N–H and O–H groups in total. The molecule has 0 spiro atoms. The van der Waals surface area contributed by atoms with Gasteiger partial charge in [-0.3, -0.25) is 4.90 Å². The lowest BCUT2D eigenvalue weighted by atomic mass is 10.2. The van der Waals surface area contributed by atoms with Crippen LogP contribution in [0.5, 0.6) is 0 Å². The molecule has 1 aromatic rings. The van der Waals surface area contributed by atoms with Crippen molar-refractivity contribution in [2.45, 2.75) is 32.4 Å². The van der Waals surface area contributed by atoms with Crippen LogP contribution < -0.4 is 5.73 Å². The minimum absolute atomic E-state index is 0.0442. The molecule has 1 unspecified atom stereocenters. The standard InChI is InChI=1S/C15H20N2O2/c1-2-19-15(18)17(14-9-8-13(16)10-14)11-12-6-4-3-5-7-12/h3-7,10,13H,2,8-9,11,16H2,1H3. The van der Waals surface area contributed by atoms with Gasteiger partial charge in [0.25, 0.3) is 0 Å². The minimum Gasteiger partial charge on any atom is -0.449 e. The zero-order valence-corrected chi connectivity index (χ0v) is 11.2. The Morgan fingerprint density at radius 1 is 1.42 bits per heavy atom. The molecule has 1 aliphatic carbocycles. The van der Waals surface area contributed by atoms with E-state index >= 15 is 0 Å². The van der Waals surface area contributed by atoms with Gasteiger partial charge in [-0.05, 0) is 31.4 Å². The van der Waals surface area contributed by atoms with Gasteiger partial charge in [-0.2, -0.15) is 0 Å². The summed E-state index contributed by atoms with van der Waals surface area (Å²) < 4.78 is 5.13. The Balaban J connectivity index is 2.15. The number of hydrogen-bond acceptors (Lipinski definition) is 3. The molecule has 1 amide bonds. The van der Waals surface area contributed by atoms with Gasteiger partial charge in [-0.25, -0.2) is 4.79 Å². The molecule has 4 heteroatoms. The molecule has 2 rings (SSSR count). The Kier molecular flexibility index (Phi) is 4.58. The minimum atomic E-state index is -0.299. The van der Waals surface area contributed by atoms with Crippen LogP contribution in [0.15, 0.2) is 42.1 Å². The molecule has 0 aromatic heterocycles. The SMILES string of the molecule is CCOC(=O)N(Cc1ccccc1)C1=CC(N)CC1. The predicted octanol–water partition coefficient (Wildman–Crippen LogP) is 2.65. The van der Waals surface area contributed by atoms with Crippen molar-refractivity contribution >= 4 is 6.09 Å². The van der Waals surface area contributed by atoms with Crippen LogP contribution >= 0.6 is 0 Å². The van der Waals surface area contributed by atoms with Crippen LogP contribution in [-0.4, -0.2) is 23.6 Å². The molecule has 0 fully saturated rings. The second kappa shape index (κ2) is 6.38. The summed E-state index contributed by atoms with van der Waals surface area (Å²) in [5, 5.41) is 0. The van der Waals surface area contributed by atoms with Gasteiger partial charge in [0.05, 0.1) is 13.2 Å². The van der Waals surface area contributed by atoms with Gasteiger partial charge >= 0.3 is 6.09 Å². The summed E-state index contributed by atoms with van der Waals surface area (Å²) in [4.78, 5) is 13.7. The zero-order valence-electron chi connectivity index (χ0n) is 11.2. The molecule has 1 aliphatic rings. The van der Waals surface area contributed by atoms with E-state index in [1.165, 1.54) is 0 Å². The number of hydrogen-bond donors (Lipinski definition) is 1. The fourth-order valence-electron chi connectivity index (χ4n) is 2.20. The Labute approximate surface area is 113 Å². The van der Waals surface area contributed by atoms with Gasteiger partial charge in [0, 0.05) is 11.7 Å². The first-order chi connectivity index (χ1) is 9.20. The number of allylic oxidation sites excluding steroid dienone is 1. The second-order valence-corrected chi connectivity index (χ2v) is 4.63. The highest BCUT2D eigenvalue weighted by Crippen LogP contribution is 2.23. The maximum Gasteiger partial charge on any atom is 0.414 e. The number of amides is 1. The van der Waals surface area contributed by atoms with E-state index in [4.69, 9.17) is 10.5 Å². The number of ether oxygens (including phenoxy) is 1. The summed E-state index contributed by atoms with van der Waals surface area (Å²) in [5.74, 6) is 0. The van der Waals surface area contributed by atoms with Crippen molar-refractivity contribution in [2.75, 3.05) is 6.61 Å². The Morgan fingerprint density at radius 3 is 2.74 bits per heavy atom. The molecule has 0 saturated carbocycles. The molecular weight excluding hydrogens is 240 g/mol. The van der Waals surface area contributed by atoms with Gasteiger partial charge in [-0.1, -0.05) is 30.3 Å². The maximum atomic E-state index is 12.1. The van der Waals surface area contributed by atoms with Gasteiger partial charge in [0.15, 0.2) is 0 Å². The van der Waals surface area contributed by atoms with E-state index in [0.717, 1.165) is 24.1 Å². The summed E-state index contributed by atoms with van der Waals surface area (Å²) in [6, 6.07) is 9.94. The van der Waals surface area contributed by atoms with Crippen molar-refractivity contribution in [3.05, 3.63) is 47.7 Å². The van der Waals surface area contributed by atoms with Crippen LogP contribution in [-0.2, 0) is 11.3 Å². The van der Waals surface area contributed by atoms with Crippen LogP contribution in [0.2, 0.25) is 0 Å². The van der Waals surface area contributed by atoms with E-state index in [1.54, 1.807) is 4.90 Å². The molecule has 4 nitrogen and oxygen atoms in total. The molecule has 0 radical (unpaired) electrons. The highest BCUT2D eigenvalue weighted by Gasteiger charge is 2.23. The smallest absolute Gasteiger partial charge is 0.414 e. The zero-order chi connectivity index (χ0) is 13.7. The van der Waals surface area contributed by atoms with Crippen LogP contribution in [0.1, 0.15) is 25.3 Å². The van der Waals surface area contributed by atoms with E-state index in [0.29, 0.717) is 13.2 Å². The van der Waals surface area contributed by atoms with E-state index in [-0.39, 0.29) is 12.1 Å². The quantitative estimate of drug-likeness (QED) is 0.905. The average Bonchev–Trinajstić information content (AvgIpc) is 2.84. The first-order valence-electron chi connectivity index (χ1n) is 6.65. The number of carbonyl (C=O) groups excluding carboxylic acids is 1. The number of rotatable bonds is 4. The van der Waals surface area contributed by atoms with Crippen molar-refractivity contribution in [1.82, 2.24) is 4.90 Å². The number of benzene rings is 1. The molecule has 0 heterocycles. The first-order valence-corrected chi connectivity index (χ1v) is 6.65. The monoisotopic (exact) mass is 260 g/mol. The highest BCUT2D eigenvalue weighted by molar-refractivity contribution is 5.70. The summed E-state index contributed by atoms with van der Waals surface area (Å²) in [6.07, 6.45) is 3.37. The first kappa shape index (κ1) is 13.6. The van der Waals surface area contributed by atoms with Crippen molar-refractivity contribution in [2.24, 2.45) is 5.73 Å². The average molecular weight is 260 g/mol. The Morgan fingerprint density at radius 2 is 2.16 bits per heavy atom. The second-order valence-electron chi connectivity index (χ2n) is 4.63. The number of nitrogens with zero attached hydrogens (tertiary/aromatic N) is 1. The molecule has 0 aliphatic heterocycles. The third-order valence-corrected chi connectivity index (χ3v) is 3.16. The summed E-state index contributed by atoms with van der Waals surface area (Å²) in [5.41, 5.74) is 7.92. The van der Waals surface area contributed by atoms with Crippen molar-refractivity contribution in [3.8, 4) is 0 Å². The van der Waals surface area contributed by atoms with E-state index in [1.807, 2.05) is 43.3 Å². The lowest BCUT2D eigenvalue weighted by molar-refractivity contribution is 0.115. The van der Waals surface area contributed by atoms with Crippen LogP contribution in [0.25, 0.3) is 0 Å². The summed E-state index contributed by atoms with van der Waals surface area (Å²) in [6.45, 7) is 2.72. The lowest BCUT2D eigenvalue weighted by Gasteiger charge is -2.23. The Bertz CT molecular complexity index is 456. The fraction of sp³-hybridized carbons (Fsp3) is 0.400. The van der Waals surface area contributed by atoms with Crippen molar-refractivity contribution in [1.29, 1.82) is 0 Å². The molecule has 0 saturated heterocycles. The normalized spacial score (nSPS) is 18.0. The van der Waals surface area contributed by atoms with Gasteiger partial charge in [0.1, 0.15) is 0 Å². The Hall–Kier alpha value is -1.81. The van der Waals surface area contributed by atoms with Crippen molar-refractivity contribution < 1.29 is 9.53 Å². The van der Waals surface area contributed by atoms with Gasteiger partial charge < -0.3 is 10.5 Å². The largest absolute Gasteiger partial charge is 0.449 e. The topological polar surface area (TPSA) is 55.6 Å². The van der Waals surface area contributed by atoms with E-state index in [2.05, 4.69) is 0 Å². The fourth-order valence-corrected chi connectivity index (χ4v) is 2.20. The van der Waals surface area contributed by atoms with Crippen LogP contribution in [0.3, 0.4) is 0 Å². The van der Waals surface area contributed by atoms with Crippen LogP contribution in [0, 0.1) is 0 Å². The van der Waals surface area contributed by atoms with E-state index in [9.17, 15) is 4.79 Å². The number of carbonyl (C=O) groups is 1. The molecule has 19 heavy (non-hydrogen) atoms.